The Morgan fingerprint density at radius 3 is 2.90 bits per heavy atom. The van der Waals surface area contributed by atoms with Crippen LogP contribution < -0.4 is 16.0 Å². The van der Waals surface area contributed by atoms with E-state index in [1.807, 2.05) is 0 Å². The molecular weight excluding hydrogens is 274 g/mol. The smallest absolute Gasteiger partial charge is 0.414 e. The maximum atomic E-state index is 12.1. The number of nitrogens with two attached hydrogens (primary N) is 1. The van der Waals surface area contributed by atoms with E-state index in [-0.39, 0.29) is 24.0 Å². The Bertz CT molecular complexity index is 563. The summed E-state index contributed by atoms with van der Waals surface area (Å²) < 4.78 is 10.1. The van der Waals surface area contributed by atoms with Crippen LogP contribution in [0, 0.1) is 5.92 Å². The van der Waals surface area contributed by atoms with E-state index >= 15 is 0 Å². The first-order valence-electron chi connectivity index (χ1n) is 6.84. The van der Waals surface area contributed by atoms with Crippen LogP contribution in [0.25, 0.3) is 0 Å². The summed E-state index contributed by atoms with van der Waals surface area (Å²) in [6.45, 7) is 1.63. The molecule has 2 amide bonds. The number of rotatable bonds is 3. The van der Waals surface area contributed by atoms with Crippen molar-refractivity contribution in [3.05, 3.63) is 24.3 Å². The van der Waals surface area contributed by atoms with E-state index in [1.165, 1.54) is 4.90 Å². The van der Waals surface area contributed by atoms with Gasteiger partial charge >= 0.3 is 6.09 Å². The van der Waals surface area contributed by atoms with Crippen LogP contribution in [0.1, 0.15) is 0 Å². The van der Waals surface area contributed by atoms with Crippen molar-refractivity contribution in [2.45, 2.75) is 6.04 Å². The van der Waals surface area contributed by atoms with Crippen LogP contribution in [0.5, 0.6) is 0 Å². The van der Waals surface area contributed by atoms with E-state index in [4.69, 9.17) is 15.2 Å². The van der Waals surface area contributed by atoms with Gasteiger partial charge in [-0.15, -0.1) is 0 Å². The van der Waals surface area contributed by atoms with Gasteiger partial charge in [-0.1, -0.05) is 6.07 Å². The predicted molar refractivity (Wildman–Crippen MR) is 76.1 cm³/mol. The minimum Gasteiger partial charge on any atom is -0.447 e. The molecule has 7 heteroatoms. The molecule has 2 heterocycles. The van der Waals surface area contributed by atoms with Gasteiger partial charge in [-0.3, -0.25) is 9.69 Å². The highest BCUT2D eigenvalue weighted by Gasteiger charge is 2.31. The number of hydrogen-bond acceptors (Lipinski definition) is 5. The third-order valence-corrected chi connectivity index (χ3v) is 3.65. The number of benzene rings is 1. The number of nitrogens with zero attached hydrogens (tertiary/aromatic N) is 1. The number of cyclic esters (lactones) is 1. The molecule has 0 radical (unpaired) electrons. The van der Waals surface area contributed by atoms with Crippen molar-refractivity contribution < 1.29 is 19.1 Å². The average molecular weight is 291 g/mol. The van der Waals surface area contributed by atoms with E-state index in [2.05, 4.69) is 5.32 Å². The van der Waals surface area contributed by atoms with Gasteiger partial charge in [0.1, 0.15) is 6.61 Å². The van der Waals surface area contributed by atoms with Crippen molar-refractivity contribution in [1.29, 1.82) is 0 Å². The van der Waals surface area contributed by atoms with Gasteiger partial charge in [-0.2, -0.15) is 0 Å². The number of ether oxygens (including phenoxy) is 2. The fraction of sp³-hybridized carbons (Fsp3) is 0.429. The summed E-state index contributed by atoms with van der Waals surface area (Å²) in [5.41, 5.74) is 7.14. The molecule has 2 atom stereocenters. The predicted octanol–water partition coefficient (Wildman–Crippen LogP) is 0.555. The molecule has 7 nitrogen and oxygen atoms in total. The maximum absolute atomic E-state index is 12.1. The summed E-state index contributed by atoms with van der Waals surface area (Å²) in [6.07, 6.45) is -0.371. The lowest BCUT2D eigenvalue weighted by atomic mass is 10.0. The fourth-order valence-corrected chi connectivity index (χ4v) is 2.46. The molecule has 2 aliphatic heterocycles. The van der Waals surface area contributed by atoms with Gasteiger partial charge < -0.3 is 20.5 Å². The zero-order chi connectivity index (χ0) is 14.8. The van der Waals surface area contributed by atoms with E-state index in [1.54, 1.807) is 24.3 Å². The number of hydrogen-bond donors (Lipinski definition) is 2. The molecule has 0 aromatic heterocycles. The summed E-state index contributed by atoms with van der Waals surface area (Å²) in [5.74, 6) is -0.508. The number of anilines is 2. The Morgan fingerprint density at radius 1 is 1.38 bits per heavy atom. The monoisotopic (exact) mass is 291 g/mol. The quantitative estimate of drug-likeness (QED) is 0.848. The first-order valence-corrected chi connectivity index (χ1v) is 6.84. The summed E-state index contributed by atoms with van der Waals surface area (Å²) >= 11 is 0. The van der Waals surface area contributed by atoms with Crippen molar-refractivity contribution in [2.24, 2.45) is 11.7 Å². The minimum atomic E-state index is -0.371. The van der Waals surface area contributed by atoms with Crippen molar-refractivity contribution in [2.75, 3.05) is 36.6 Å². The van der Waals surface area contributed by atoms with Gasteiger partial charge in [-0.25, -0.2) is 4.79 Å². The third-order valence-electron chi connectivity index (χ3n) is 3.65. The number of carbonyl (C=O) groups is 2. The molecule has 2 aliphatic rings. The van der Waals surface area contributed by atoms with Crippen LogP contribution >= 0.6 is 0 Å². The molecule has 0 saturated carbocycles. The lowest BCUT2D eigenvalue weighted by Gasteiger charge is -2.16. The van der Waals surface area contributed by atoms with E-state index in [0.717, 1.165) is 0 Å². The topological polar surface area (TPSA) is 93.9 Å². The standard InChI is InChI=1S/C14H17N3O4/c15-12-8-20-7-11(12)13(18)16-9-2-1-3-10(6-9)17-4-5-21-14(17)19/h1-3,6,11-12H,4-5,7-8,15H2,(H,16,18). The highest BCUT2D eigenvalue weighted by atomic mass is 16.6. The van der Waals surface area contributed by atoms with Crippen molar-refractivity contribution in [1.82, 2.24) is 0 Å². The second-order valence-corrected chi connectivity index (χ2v) is 5.11. The molecule has 3 rings (SSSR count). The Hall–Kier alpha value is -2.12. The maximum Gasteiger partial charge on any atom is 0.414 e. The van der Waals surface area contributed by atoms with Crippen LogP contribution in [0.3, 0.4) is 0 Å². The van der Waals surface area contributed by atoms with Gasteiger partial charge in [0, 0.05) is 17.4 Å². The highest BCUT2D eigenvalue weighted by molar-refractivity contribution is 5.95. The van der Waals surface area contributed by atoms with Crippen LogP contribution in [0.15, 0.2) is 24.3 Å². The second-order valence-electron chi connectivity index (χ2n) is 5.11. The minimum absolute atomic E-state index is 0.166. The Morgan fingerprint density at radius 2 is 2.24 bits per heavy atom. The zero-order valence-electron chi connectivity index (χ0n) is 11.5. The number of amides is 2. The molecule has 1 aromatic carbocycles. The molecule has 1 aromatic rings. The SMILES string of the molecule is NC1COCC1C(=O)Nc1cccc(N2CCOC2=O)c1. The molecule has 2 saturated heterocycles. The lowest BCUT2D eigenvalue weighted by molar-refractivity contribution is -0.120. The highest BCUT2D eigenvalue weighted by Crippen LogP contribution is 2.23. The number of carbonyl (C=O) groups excluding carboxylic acids is 2. The summed E-state index contributed by atoms with van der Waals surface area (Å²) in [5, 5.41) is 2.82. The molecule has 0 aliphatic carbocycles. The summed E-state index contributed by atoms with van der Waals surface area (Å²) in [4.78, 5) is 25.2. The van der Waals surface area contributed by atoms with Gasteiger partial charge in [0.25, 0.3) is 0 Å². The van der Waals surface area contributed by atoms with Crippen molar-refractivity contribution in [3.8, 4) is 0 Å². The molecule has 3 N–H and O–H groups in total. The molecule has 112 valence electrons. The van der Waals surface area contributed by atoms with Gasteiger partial charge in [0.05, 0.1) is 25.7 Å². The molecule has 0 bridgehead atoms. The van der Waals surface area contributed by atoms with Crippen LogP contribution in [-0.4, -0.2) is 44.4 Å². The largest absolute Gasteiger partial charge is 0.447 e. The molecular formula is C14H17N3O4. The number of nitrogens with one attached hydrogen (secondary N) is 1. The third kappa shape index (κ3) is 2.84. The molecule has 0 spiro atoms. The van der Waals surface area contributed by atoms with Crippen LogP contribution in [-0.2, 0) is 14.3 Å². The van der Waals surface area contributed by atoms with Gasteiger partial charge in [0.15, 0.2) is 0 Å². The lowest BCUT2D eigenvalue weighted by Crippen LogP contribution is -2.37. The summed E-state index contributed by atoms with van der Waals surface area (Å²) in [7, 11) is 0. The Kier molecular flexibility index (Phi) is 3.76. The zero-order valence-corrected chi connectivity index (χ0v) is 11.5. The van der Waals surface area contributed by atoms with Crippen molar-refractivity contribution >= 4 is 23.4 Å². The fourth-order valence-electron chi connectivity index (χ4n) is 2.46. The molecule has 21 heavy (non-hydrogen) atoms. The average Bonchev–Trinajstić information content (AvgIpc) is 3.07. The Balaban J connectivity index is 1.71. The van der Waals surface area contributed by atoms with E-state index in [0.29, 0.717) is 37.7 Å². The molecule has 2 fully saturated rings. The first kappa shape index (κ1) is 13.8. The van der Waals surface area contributed by atoms with Crippen molar-refractivity contribution in [3.63, 3.8) is 0 Å². The Labute approximate surface area is 122 Å². The second kappa shape index (κ2) is 5.71. The summed E-state index contributed by atoms with van der Waals surface area (Å²) in [6, 6.07) is 6.81. The van der Waals surface area contributed by atoms with E-state index < -0.39 is 0 Å². The van der Waals surface area contributed by atoms with Gasteiger partial charge in [-0.05, 0) is 18.2 Å². The van der Waals surface area contributed by atoms with Crippen LogP contribution in [0.2, 0.25) is 0 Å². The normalized spacial score (nSPS) is 25.0. The molecule has 2 unspecified atom stereocenters. The first-order chi connectivity index (χ1) is 10.1. The van der Waals surface area contributed by atoms with Crippen LogP contribution in [0.4, 0.5) is 16.2 Å². The van der Waals surface area contributed by atoms with E-state index in [9.17, 15) is 9.59 Å². The van der Waals surface area contributed by atoms with Gasteiger partial charge in [0.2, 0.25) is 5.91 Å².